The summed E-state index contributed by atoms with van der Waals surface area (Å²) < 4.78 is 6.44. The minimum atomic E-state index is -0.361. The van der Waals surface area contributed by atoms with E-state index >= 15 is 0 Å². The molecule has 1 aromatic heterocycles. The molecule has 0 saturated heterocycles. The summed E-state index contributed by atoms with van der Waals surface area (Å²) in [7, 11) is 0. The van der Waals surface area contributed by atoms with E-state index in [9.17, 15) is 4.79 Å². The van der Waals surface area contributed by atoms with Crippen LogP contribution in [0.2, 0.25) is 0 Å². The molecule has 0 N–H and O–H groups in total. The molecule has 0 aliphatic rings. The molecular weight excluding hydrogens is 268 g/mol. The Kier molecular flexibility index (Phi) is 5.04. The van der Waals surface area contributed by atoms with Gasteiger partial charge < -0.3 is 4.74 Å². The van der Waals surface area contributed by atoms with Gasteiger partial charge >= 0.3 is 5.97 Å². The molecule has 0 aliphatic carbocycles. The highest BCUT2D eigenvalue weighted by molar-refractivity contribution is 5.69. The first kappa shape index (κ1) is 14.7. The summed E-state index contributed by atoms with van der Waals surface area (Å²) in [5.74, 6) is 0.715. The lowest BCUT2D eigenvalue weighted by Crippen LogP contribution is -2.17. The van der Waals surface area contributed by atoms with Crippen molar-refractivity contribution in [2.45, 2.75) is 26.3 Å². The number of nitrogens with zero attached hydrogens (tertiary/aromatic N) is 4. The third-order valence-corrected chi connectivity index (χ3v) is 2.82. The van der Waals surface area contributed by atoms with Crippen molar-refractivity contribution in [3.63, 3.8) is 0 Å². The molecule has 1 heterocycles. The zero-order chi connectivity index (χ0) is 15.1. The highest BCUT2D eigenvalue weighted by Crippen LogP contribution is 2.08. The Morgan fingerprint density at radius 2 is 2.14 bits per heavy atom. The summed E-state index contributed by atoms with van der Waals surface area (Å²) in [6, 6.07) is 11.8. The molecule has 0 aliphatic heterocycles. The quantitative estimate of drug-likeness (QED) is 0.751. The van der Waals surface area contributed by atoms with Gasteiger partial charge in [-0.2, -0.15) is 10.4 Å². The summed E-state index contributed by atoms with van der Waals surface area (Å²) in [6.07, 6.45) is 0.677. The molecule has 0 atom stereocenters. The van der Waals surface area contributed by atoms with Gasteiger partial charge in [0.05, 0.1) is 19.1 Å². The molecule has 2 aromatic rings. The Labute approximate surface area is 123 Å². The van der Waals surface area contributed by atoms with Crippen LogP contribution in [0.15, 0.2) is 30.3 Å². The Bertz CT molecular complexity index is 643. The molecule has 108 valence electrons. The van der Waals surface area contributed by atoms with Gasteiger partial charge in [-0.1, -0.05) is 30.3 Å². The molecule has 21 heavy (non-hydrogen) atoms. The topological polar surface area (TPSA) is 80.8 Å². The Balaban J connectivity index is 2.21. The SMILES string of the molecule is CCOC(=O)Cn1nc(CC#N)nc1Cc1ccccc1. The molecule has 0 spiro atoms. The first-order valence-corrected chi connectivity index (χ1v) is 6.72. The van der Waals surface area contributed by atoms with E-state index in [1.165, 1.54) is 4.68 Å². The van der Waals surface area contributed by atoms with Gasteiger partial charge in [-0.25, -0.2) is 9.67 Å². The van der Waals surface area contributed by atoms with E-state index in [1.54, 1.807) is 6.92 Å². The predicted molar refractivity (Wildman–Crippen MR) is 75.2 cm³/mol. The lowest BCUT2D eigenvalue weighted by atomic mass is 10.1. The lowest BCUT2D eigenvalue weighted by Gasteiger charge is -2.05. The number of nitriles is 1. The zero-order valence-corrected chi connectivity index (χ0v) is 11.8. The Hall–Kier alpha value is -2.68. The lowest BCUT2D eigenvalue weighted by molar-refractivity contribution is -0.144. The Morgan fingerprint density at radius 1 is 1.38 bits per heavy atom. The van der Waals surface area contributed by atoms with E-state index in [0.717, 1.165) is 5.56 Å². The number of carbonyl (C=O) groups excluding carboxylic acids is 1. The van der Waals surface area contributed by atoms with Gasteiger partial charge in [0.25, 0.3) is 0 Å². The van der Waals surface area contributed by atoms with Crippen molar-refractivity contribution in [2.24, 2.45) is 0 Å². The normalized spacial score (nSPS) is 10.1. The molecule has 0 unspecified atom stereocenters. The molecule has 1 aromatic carbocycles. The molecular formula is C15H16N4O2. The van der Waals surface area contributed by atoms with Gasteiger partial charge in [-0.3, -0.25) is 4.79 Å². The molecule has 0 radical (unpaired) electrons. The minimum Gasteiger partial charge on any atom is -0.465 e. The van der Waals surface area contributed by atoms with E-state index < -0.39 is 0 Å². The molecule has 0 bridgehead atoms. The van der Waals surface area contributed by atoms with E-state index in [1.807, 2.05) is 36.4 Å². The summed E-state index contributed by atoms with van der Waals surface area (Å²) in [4.78, 5) is 15.9. The van der Waals surface area contributed by atoms with Gasteiger partial charge in [0.2, 0.25) is 0 Å². The number of carbonyl (C=O) groups is 1. The van der Waals surface area contributed by atoms with Crippen molar-refractivity contribution < 1.29 is 9.53 Å². The predicted octanol–water partition coefficient (Wildman–Crippen LogP) is 1.50. The first-order chi connectivity index (χ1) is 10.2. The van der Waals surface area contributed by atoms with Crippen LogP contribution in [-0.2, 0) is 28.9 Å². The van der Waals surface area contributed by atoms with Crippen LogP contribution < -0.4 is 0 Å². The van der Waals surface area contributed by atoms with Crippen molar-refractivity contribution in [1.29, 1.82) is 5.26 Å². The molecule has 6 heteroatoms. The summed E-state index contributed by atoms with van der Waals surface area (Å²) >= 11 is 0. The second-order valence-electron chi connectivity index (χ2n) is 4.40. The number of ether oxygens (including phenoxy) is 1. The monoisotopic (exact) mass is 284 g/mol. The number of esters is 1. The van der Waals surface area contributed by atoms with Crippen LogP contribution in [-0.4, -0.2) is 27.3 Å². The fourth-order valence-corrected chi connectivity index (χ4v) is 1.94. The number of aromatic nitrogens is 3. The van der Waals surface area contributed by atoms with Crippen molar-refractivity contribution >= 4 is 5.97 Å². The number of hydrogen-bond donors (Lipinski definition) is 0. The molecule has 2 rings (SSSR count). The highest BCUT2D eigenvalue weighted by atomic mass is 16.5. The third kappa shape index (κ3) is 4.14. The van der Waals surface area contributed by atoms with Crippen LogP contribution in [0.4, 0.5) is 0 Å². The second-order valence-corrected chi connectivity index (χ2v) is 4.40. The van der Waals surface area contributed by atoms with Gasteiger partial charge in [-0.15, -0.1) is 0 Å². The van der Waals surface area contributed by atoms with Crippen molar-refractivity contribution in [3.05, 3.63) is 47.5 Å². The summed E-state index contributed by atoms with van der Waals surface area (Å²) in [6.45, 7) is 2.09. The summed E-state index contributed by atoms with van der Waals surface area (Å²) in [5.41, 5.74) is 1.07. The standard InChI is InChI=1S/C15H16N4O2/c1-2-21-15(20)11-19-14(17-13(18-19)8-9-16)10-12-6-4-3-5-7-12/h3-7H,2,8,10-11H2,1H3. The number of hydrogen-bond acceptors (Lipinski definition) is 5. The fraction of sp³-hybridized carbons (Fsp3) is 0.333. The van der Waals surface area contributed by atoms with Gasteiger partial charge in [-0.05, 0) is 12.5 Å². The van der Waals surface area contributed by atoms with Crippen LogP contribution in [0.1, 0.15) is 24.1 Å². The molecule has 0 amide bonds. The van der Waals surface area contributed by atoms with Crippen molar-refractivity contribution in [1.82, 2.24) is 14.8 Å². The largest absolute Gasteiger partial charge is 0.465 e. The van der Waals surface area contributed by atoms with Crippen LogP contribution in [0.3, 0.4) is 0 Å². The van der Waals surface area contributed by atoms with Gasteiger partial charge in [0, 0.05) is 6.42 Å². The number of rotatable bonds is 6. The smallest absolute Gasteiger partial charge is 0.327 e. The zero-order valence-electron chi connectivity index (χ0n) is 11.8. The van der Waals surface area contributed by atoms with E-state index in [0.29, 0.717) is 24.7 Å². The third-order valence-electron chi connectivity index (χ3n) is 2.82. The summed E-state index contributed by atoms with van der Waals surface area (Å²) in [5, 5.41) is 12.9. The highest BCUT2D eigenvalue weighted by Gasteiger charge is 2.14. The molecule has 0 fully saturated rings. The average Bonchev–Trinajstić information content (AvgIpc) is 2.82. The maximum atomic E-state index is 11.6. The minimum absolute atomic E-state index is 0.00837. The maximum absolute atomic E-state index is 11.6. The maximum Gasteiger partial charge on any atom is 0.327 e. The second kappa shape index (κ2) is 7.20. The number of benzene rings is 1. The van der Waals surface area contributed by atoms with Gasteiger partial charge in [0.1, 0.15) is 12.4 Å². The van der Waals surface area contributed by atoms with E-state index in [2.05, 4.69) is 10.1 Å². The van der Waals surface area contributed by atoms with Crippen LogP contribution >= 0.6 is 0 Å². The van der Waals surface area contributed by atoms with Crippen molar-refractivity contribution in [3.8, 4) is 6.07 Å². The Morgan fingerprint density at radius 3 is 2.81 bits per heavy atom. The van der Waals surface area contributed by atoms with E-state index in [4.69, 9.17) is 10.00 Å². The first-order valence-electron chi connectivity index (χ1n) is 6.72. The molecule has 6 nitrogen and oxygen atoms in total. The fourth-order valence-electron chi connectivity index (χ4n) is 1.94. The van der Waals surface area contributed by atoms with Crippen LogP contribution in [0.5, 0.6) is 0 Å². The van der Waals surface area contributed by atoms with Crippen molar-refractivity contribution in [2.75, 3.05) is 6.61 Å². The molecule has 0 saturated carbocycles. The van der Waals surface area contributed by atoms with Crippen LogP contribution in [0.25, 0.3) is 0 Å². The van der Waals surface area contributed by atoms with E-state index in [-0.39, 0.29) is 18.9 Å². The van der Waals surface area contributed by atoms with Gasteiger partial charge in [0.15, 0.2) is 5.82 Å². The van der Waals surface area contributed by atoms with Crippen LogP contribution in [0, 0.1) is 11.3 Å². The average molecular weight is 284 g/mol.